The van der Waals surface area contributed by atoms with Gasteiger partial charge in [-0.2, -0.15) is 5.10 Å². The first-order valence-electron chi connectivity index (χ1n) is 7.47. The van der Waals surface area contributed by atoms with E-state index in [1.807, 2.05) is 31.2 Å². The van der Waals surface area contributed by atoms with Crippen LogP contribution in [0.4, 0.5) is 0 Å². The number of hydrogen-bond donors (Lipinski definition) is 2. The average Bonchev–Trinajstić information content (AvgIpc) is 2.89. The lowest BCUT2D eigenvalue weighted by Gasteiger charge is -2.16. The maximum absolute atomic E-state index is 12.4. The molecule has 2 N–H and O–H groups in total. The van der Waals surface area contributed by atoms with Gasteiger partial charge in [-0.25, -0.2) is 4.79 Å². The highest BCUT2D eigenvalue weighted by atomic mass is 16.4. The Morgan fingerprint density at radius 2 is 1.70 bits per heavy atom. The first-order chi connectivity index (χ1) is 10.8. The third kappa shape index (κ3) is 3.59. The summed E-state index contributed by atoms with van der Waals surface area (Å²) in [5, 5.41) is 15.8. The molecule has 0 saturated carbocycles. The number of aryl methyl sites for hydroxylation is 1. The van der Waals surface area contributed by atoms with Crippen LogP contribution in [0.3, 0.4) is 0 Å². The standard InChI is InChI=1S/C17H21N3O3/c1-10(2)12-5-7-13(8-6-12)11(3)19-16(21)15-14(17(22)23)9-18-20(15)4/h5-11H,1-4H3,(H,19,21)(H,22,23)/t11-/m1/s1. The molecule has 0 aliphatic carbocycles. The van der Waals surface area contributed by atoms with Crippen molar-refractivity contribution in [1.82, 2.24) is 15.1 Å². The Balaban J connectivity index is 2.17. The van der Waals surface area contributed by atoms with Crippen LogP contribution in [0.1, 0.15) is 64.7 Å². The van der Waals surface area contributed by atoms with E-state index in [4.69, 9.17) is 5.11 Å². The molecule has 1 heterocycles. The Bertz CT molecular complexity index is 717. The SMILES string of the molecule is CC(C)c1ccc([C@@H](C)NC(=O)c2c(C(=O)O)cnn2C)cc1. The van der Waals surface area contributed by atoms with Gasteiger partial charge in [0.05, 0.1) is 12.2 Å². The first kappa shape index (κ1) is 16.7. The summed E-state index contributed by atoms with van der Waals surface area (Å²) in [7, 11) is 1.55. The summed E-state index contributed by atoms with van der Waals surface area (Å²) in [6.07, 6.45) is 1.18. The Labute approximate surface area is 135 Å². The van der Waals surface area contributed by atoms with Gasteiger partial charge in [0.25, 0.3) is 5.91 Å². The number of nitrogens with one attached hydrogen (secondary N) is 1. The maximum atomic E-state index is 12.4. The van der Waals surface area contributed by atoms with Crippen molar-refractivity contribution in [2.24, 2.45) is 7.05 Å². The number of aromatic nitrogens is 2. The van der Waals surface area contributed by atoms with Crippen molar-refractivity contribution in [3.05, 3.63) is 52.8 Å². The molecule has 6 nitrogen and oxygen atoms in total. The Morgan fingerprint density at radius 1 is 1.13 bits per heavy atom. The minimum Gasteiger partial charge on any atom is -0.478 e. The van der Waals surface area contributed by atoms with Gasteiger partial charge in [-0.1, -0.05) is 38.1 Å². The molecule has 0 unspecified atom stereocenters. The van der Waals surface area contributed by atoms with Gasteiger partial charge in [-0.15, -0.1) is 0 Å². The summed E-state index contributed by atoms with van der Waals surface area (Å²) in [6, 6.07) is 7.79. The molecule has 122 valence electrons. The van der Waals surface area contributed by atoms with E-state index in [2.05, 4.69) is 24.3 Å². The number of amides is 1. The quantitative estimate of drug-likeness (QED) is 0.888. The average molecular weight is 315 g/mol. The van der Waals surface area contributed by atoms with Crippen molar-refractivity contribution in [3.8, 4) is 0 Å². The smallest absolute Gasteiger partial charge is 0.339 e. The summed E-state index contributed by atoms with van der Waals surface area (Å²) < 4.78 is 1.27. The molecule has 0 spiro atoms. The minimum atomic E-state index is -1.17. The lowest BCUT2D eigenvalue weighted by Crippen LogP contribution is -2.29. The number of carboxylic acid groups (broad SMARTS) is 1. The van der Waals surface area contributed by atoms with E-state index in [9.17, 15) is 9.59 Å². The van der Waals surface area contributed by atoms with Crippen LogP contribution in [-0.4, -0.2) is 26.8 Å². The van der Waals surface area contributed by atoms with E-state index in [1.165, 1.54) is 16.4 Å². The number of carbonyl (C=O) groups excluding carboxylic acids is 1. The molecule has 1 aromatic heterocycles. The van der Waals surface area contributed by atoms with Crippen LogP contribution in [0, 0.1) is 0 Å². The molecule has 0 bridgehead atoms. The predicted molar refractivity (Wildman–Crippen MR) is 86.6 cm³/mol. The fourth-order valence-electron chi connectivity index (χ4n) is 2.38. The molecule has 0 fully saturated rings. The summed E-state index contributed by atoms with van der Waals surface area (Å²) in [5.41, 5.74) is 2.13. The predicted octanol–water partition coefficient (Wildman–Crippen LogP) is 2.73. The fraction of sp³-hybridized carbons (Fsp3) is 0.353. The highest BCUT2D eigenvalue weighted by Crippen LogP contribution is 2.19. The molecule has 1 atom stereocenters. The Kier molecular flexibility index (Phi) is 4.83. The molecule has 0 radical (unpaired) electrons. The van der Waals surface area contributed by atoms with Crippen molar-refractivity contribution in [1.29, 1.82) is 0 Å². The molecule has 1 amide bonds. The van der Waals surface area contributed by atoms with Gasteiger partial charge in [0.1, 0.15) is 11.3 Å². The lowest BCUT2D eigenvalue weighted by molar-refractivity contribution is 0.0690. The number of rotatable bonds is 5. The maximum Gasteiger partial charge on any atom is 0.339 e. The highest BCUT2D eigenvalue weighted by Gasteiger charge is 2.23. The number of nitrogens with zero attached hydrogens (tertiary/aromatic N) is 2. The van der Waals surface area contributed by atoms with Crippen LogP contribution in [0.5, 0.6) is 0 Å². The van der Waals surface area contributed by atoms with E-state index in [0.717, 1.165) is 5.56 Å². The van der Waals surface area contributed by atoms with Crippen LogP contribution in [0.25, 0.3) is 0 Å². The lowest BCUT2D eigenvalue weighted by atomic mass is 9.99. The van der Waals surface area contributed by atoms with Crippen LogP contribution < -0.4 is 5.32 Å². The number of benzene rings is 1. The van der Waals surface area contributed by atoms with Crippen LogP contribution in [-0.2, 0) is 7.05 Å². The summed E-state index contributed by atoms with van der Waals surface area (Å²) in [5.74, 6) is -1.18. The van der Waals surface area contributed by atoms with Crippen molar-refractivity contribution in [2.75, 3.05) is 0 Å². The number of carboxylic acids is 1. The number of hydrogen-bond acceptors (Lipinski definition) is 3. The number of carbonyl (C=O) groups is 2. The monoisotopic (exact) mass is 315 g/mol. The van der Waals surface area contributed by atoms with Crippen molar-refractivity contribution in [2.45, 2.75) is 32.7 Å². The van der Waals surface area contributed by atoms with Gasteiger partial charge < -0.3 is 10.4 Å². The third-order valence-electron chi connectivity index (χ3n) is 3.83. The van der Waals surface area contributed by atoms with E-state index >= 15 is 0 Å². The first-order valence-corrected chi connectivity index (χ1v) is 7.47. The van der Waals surface area contributed by atoms with Gasteiger partial charge in [0, 0.05) is 7.05 Å². The summed E-state index contributed by atoms with van der Waals surface area (Å²) >= 11 is 0. The van der Waals surface area contributed by atoms with Gasteiger partial charge in [-0.05, 0) is 24.0 Å². The third-order valence-corrected chi connectivity index (χ3v) is 3.83. The summed E-state index contributed by atoms with van der Waals surface area (Å²) in [4.78, 5) is 23.5. The zero-order valence-electron chi connectivity index (χ0n) is 13.7. The molecular formula is C17H21N3O3. The van der Waals surface area contributed by atoms with Crippen LogP contribution >= 0.6 is 0 Å². The molecular weight excluding hydrogens is 294 g/mol. The second-order valence-electron chi connectivity index (χ2n) is 5.85. The molecule has 0 saturated heterocycles. The van der Waals surface area contributed by atoms with Crippen LogP contribution in [0.2, 0.25) is 0 Å². The van der Waals surface area contributed by atoms with E-state index in [0.29, 0.717) is 5.92 Å². The van der Waals surface area contributed by atoms with Gasteiger partial charge >= 0.3 is 5.97 Å². The number of aromatic carboxylic acids is 1. The minimum absolute atomic E-state index is 0.0446. The summed E-state index contributed by atoms with van der Waals surface area (Å²) in [6.45, 7) is 6.10. The Morgan fingerprint density at radius 3 is 2.22 bits per heavy atom. The van der Waals surface area contributed by atoms with Gasteiger partial charge in [-0.3, -0.25) is 9.48 Å². The zero-order valence-corrected chi connectivity index (χ0v) is 13.7. The second kappa shape index (κ2) is 6.64. The molecule has 0 aliphatic rings. The Hall–Kier alpha value is -2.63. The van der Waals surface area contributed by atoms with E-state index in [-0.39, 0.29) is 17.3 Å². The second-order valence-corrected chi connectivity index (χ2v) is 5.85. The highest BCUT2D eigenvalue weighted by molar-refractivity contribution is 6.03. The topological polar surface area (TPSA) is 84.2 Å². The van der Waals surface area contributed by atoms with E-state index < -0.39 is 11.9 Å². The van der Waals surface area contributed by atoms with Crippen molar-refractivity contribution < 1.29 is 14.7 Å². The fourth-order valence-corrected chi connectivity index (χ4v) is 2.38. The van der Waals surface area contributed by atoms with Crippen molar-refractivity contribution in [3.63, 3.8) is 0 Å². The normalized spacial score (nSPS) is 12.2. The van der Waals surface area contributed by atoms with Crippen LogP contribution in [0.15, 0.2) is 30.5 Å². The molecule has 2 rings (SSSR count). The molecule has 1 aromatic carbocycles. The largest absolute Gasteiger partial charge is 0.478 e. The molecule has 23 heavy (non-hydrogen) atoms. The molecule has 2 aromatic rings. The molecule has 0 aliphatic heterocycles. The van der Waals surface area contributed by atoms with Crippen molar-refractivity contribution >= 4 is 11.9 Å². The molecule has 6 heteroatoms. The van der Waals surface area contributed by atoms with E-state index in [1.54, 1.807) is 7.05 Å². The van der Waals surface area contributed by atoms with Gasteiger partial charge in [0.15, 0.2) is 0 Å². The zero-order chi connectivity index (χ0) is 17.1. The van der Waals surface area contributed by atoms with Gasteiger partial charge in [0.2, 0.25) is 0 Å².